The largest absolute Gasteiger partial charge is 0.352 e. The second-order valence-electron chi connectivity index (χ2n) is 7.94. The van der Waals surface area contributed by atoms with Crippen LogP contribution >= 0.6 is 23.2 Å². The number of rotatable bonds is 7. The van der Waals surface area contributed by atoms with Gasteiger partial charge in [0.2, 0.25) is 11.8 Å². The highest BCUT2D eigenvalue weighted by Gasteiger charge is 2.28. The number of hydrogen-bond acceptors (Lipinski definition) is 2. The zero-order valence-corrected chi connectivity index (χ0v) is 18.8. The first-order valence-corrected chi connectivity index (χ1v) is 11.3. The molecule has 0 heterocycles. The Morgan fingerprint density at radius 3 is 2.37 bits per heavy atom. The van der Waals surface area contributed by atoms with Gasteiger partial charge in [-0.15, -0.1) is 0 Å². The molecular weight excluding hydrogens is 419 g/mol. The van der Waals surface area contributed by atoms with Gasteiger partial charge in [-0.1, -0.05) is 72.8 Å². The van der Waals surface area contributed by atoms with E-state index >= 15 is 0 Å². The van der Waals surface area contributed by atoms with Crippen molar-refractivity contribution >= 4 is 35.0 Å². The van der Waals surface area contributed by atoms with Crippen molar-refractivity contribution in [3.8, 4) is 0 Å². The Hall–Kier alpha value is -2.04. The van der Waals surface area contributed by atoms with Gasteiger partial charge in [0.25, 0.3) is 0 Å². The summed E-state index contributed by atoms with van der Waals surface area (Å²) in [5.74, 6) is -0.234. The van der Waals surface area contributed by atoms with Gasteiger partial charge in [-0.25, -0.2) is 0 Å². The first-order chi connectivity index (χ1) is 14.4. The summed E-state index contributed by atoms with van der Waals surface area (Å²) in [6.07, 6.45) is 5.70. The summed E-state index contributed by atoms with van der Waals surface area (Å²) in [5.41, 5.74) is 1.68. The Balaban J connectivity index is 1.76. The lowest BCUT2D eigenvalue weighted by atomic mass is 9.95. The topological polar surface area (TPSA) is 49.4 Å². The molecule has 1 aliphatic carbocycles. The van der Waals surface area contributed by atoms with Crippen LogP contribution in [0.5, 0.6) is 0 Å². The van der Waals surface area contributed by atoms with E-state index in [1.807, 2.05) is 30.3 Å². The molecule has 160 valence electrons. The molecule has 0 bridgehead atoms. The molecule has 0 aromatic heterocycles. The number of nitrogens with zero attached hydrogens (tertiary/aromatic N) is 1. The molecule has 1 aliphatic rings. The molecule has 1 saturated carbocycles. The zero-order chi connectivity index (χ0) is 21.5. The van der Waals surface area contributed by atoms with Crippen molar-refractivity contribution in [1.29, 1.82) is 0 Å². The van der Waals surface area contributed by atoms with Crippen molar-refractivity contribution in [2.24, 2.45) is 0 Å². The fourth-order valence-electron chi connectivity index (χ4n) is 3.84. The Kier molecular flexibility index (Phi) is 8.17. The Morgan fingerprint density at radius 1 is 1.03 bits per heavy atom. The number of halogens is 2. The molecular formula is C24H28Cl2N2O2. The third kappa shape index (κ3) is 6.23. The highest BCUT2D eigenvalue weighted by molar-refractivity contribution is 6.31. The number of hydrogen-bond donors (Lipinski definition) is 1. The zero-order valence-electron chi connectivity index (χ0n) is 17.2. The van der Waals surface area contributed by atoms with E-state index in [9.17, 15) is 9.59 Å². The molecule has 3 rings (SSSR count). The van der Waals surface area contributed by atoms with Crippen LogP contribution in [-0.4, -0.2) is 28.8 Å². The molecule has 0 radical (unpaired) electrons. The number of benzene rings is 2. The second-order valence-corrected chi connectivity index (χ2v) is 8.78. The van der Waals surface area contributed by atoms with E-state index in [1.165, 1.54) is 6.42 Å². The molecule has 2 aromatic rings. The second kappa shape index (κ2) is 10.8. The highest BCUT2D eigenvalue weighted by atomic mass is 35.5. The Labute approximate surface area is 188 Å². The van der Waals surface area contributed by atoms with Crippen molar-refractivity contribution in [2.75, 3.05) is 0 Å². The first kappa shape index (κ1) is 22.6. The van der Waals surface area contributed by atoms with Gasteiger partial charge in [-0.05, 0) is 49.1 Å². The van der Waals surface area contributed by atoms with Crippen molar-refractivity contribution in [3.63, 3.8) is 0 Å². The van der Waals surface area contributed by atoms with Crippen LogP contribution in [-0.2, 0) is 22.6 Å². The van der Waals surface area contributed by atoms with Gasteiger partial charge < -0.3 is 10.2 Å². The Bertz CT molecular complexity index is 864. The molecule has 4 nitrogen and oxygen atoms in total. The van der Waals surface area contributed by atoms with Crippen LogP contribution in [0.2, 0.25) is 10.0 Å². The van der Waals surface area contributed by atoms with Gasteiger partial charge in [0.15, 0.2) is 0 Å². The quantitative estimate of drug-likeness (QED) is 0.618. The lowest BCUT2D eigenvalue weighted by molar-refractivity contribution is -0.140. The maximum atomic E-state index is 13.2. The third-order valence-electron chi connectivity index (χ3n) is 5.69. The lowest BCUT2D eigenvalue weighted by Gasteiger charge is -2.31. The summed E-state index contributed by atoms with van der Waals surface area (Å²) in [6, 6.07) is 14.2. The summed E-state index contributed by atoms with van der Waals surface area (Å²) in [5, 5.41) is 4.35. The number of nitrogens with one attached hydrogen (secondary N) is 1. The molecule has 30 heavy (non-hydrogen) atoms. The van der Waals surface area contributed by atoms with Crippen LogP contribution in [0, 0.1) is 0 Å². The third-order valence-corrected chi connectivity index (χ3v) is 6.31. The van der Waals surface area contributed by atoms with Gasteiger partial charge in [-0.3, -0.25) is 9.59 Å². The van der Waals surface area contributed by atoms with E-state index in [0.717, 1.165) is 36.8 Å². The predicted octanol–water partition coefficient (Wildman–Crippen LogP) is 5.40. The predicted molar refractivity (Wildman–Crippen MR) is 122 cm³/mol. The van der Waals surface area contributed by atoms with E-state index in [1.54, 1.807) is 30.0 Å². The molecule has 1 unspecified atom stereocenters. The van der Waals surface area contributed by atoms with Crippen molar-refractivity contribution in [3.05, 3.63) is 69.7 Å². The van der Waals surface area contributed by atoms with Crippen LogP contribution in [0.3, 0.4) is 0 Å². The number of carbonyl (C=O) groups excluding carboxylic acids is 2. The van der Waals surface area contributed by atoms with Crippen LogP contribution in [0.4, 0.5) is 0 Å². The number of amides is 2. The van der Waals surface area contributed by atoms with Crippen molar-refractivity contribution in [1.82, 2.24) is 10.2 Å². The van der Waals surface area contributed by atoms with E-state index in [4.69, 9.17) is 23.2 Å². The lowest BCUT2D eigenvalue weighted by Crippen LogP contribution is -2.50. The van der Waals surface area contributed by atoms with Gasteiger partial charge >= 0.3 is 0 Å². The summed E-state index contributed by atoms with van der Waals surface area (Å²) in [7, 11) is 0. The summed E-state index contributed by atoms with van der Waals surface area (Å²) >= 11 is 12.3. The van der Waals surface area contributed by atoms with E-state index in [0.29, 0.717) is 10.0 Å². The van der Waals surface area contributed by atoms with Gasteiger partial charge in [0.05, 0.1) is 6.42 Å². The number of carbonyl (C=O) groups is 2. The fourth-order valence-corrected chi connectivity index (χ4v) is 4.16. The molecule has 1 atom stereocenters. The Morgan fingerprint density at radius 2 is 1.70 bits per heavy atom. The minimum absolute atomic E-state index is 0.113. The highest BCUT2D eigenvalue weighted by Crippen LogP contribution is 2.21. The minimum Gasteiger partial charge on any atom is -0.352 e. The molecule has 0 aliphatic heterocycles. The molecule has 0 saturated heterocycles. The average molecular weight is 447 g/mol. The monoisotopic (exact) mass is 446 g/mol. The maximum absolute atomic E-state index is 13.2. The average Bonchev–Trinajstić information content (AvgIpc) is 2.75. The van der Waals surface area contributed by atoms with E-state index in [-0.39, 0.29) is 30.8 Å². The van der Waals surface area contributed by atoms with Crippen LogP contribution < -0.4 is 5.32 Å². The molecule has 2 aromatic carbocycles. The summed E-state index contributed by atoms with van der Waals surface area (Å²) in [6.45, 7) is 2.07. The normalized spacial score (nSPS) is 15.4. The van der Waals surface area contributed by atoms with Gasteiger partial charge in [0, 0.05) is 22.6 Å². The van der Waals surface area contributed by atoms with Crippen LogP contribution in [0.15, 0.2) is 48.5 Å². The summed E-state index contributed by atoms with van der Waals surface area (Å²) in [4.78, 5) is 27.8. The molecule has 1 N–H and O–H groups in total. The molecule has 6 heteroatoms. The standard InChI is InChI=1S/C24H28Cl2N2O2/c1-17(24(30)27-21-8-3-2-4-9-21)28(16-19-7-5-6-10-22(19)26)23(29)15-18-11-13-20(25)14-12-18/h5-7,10-14,17,21H,2-4,8-9,15-16H2,1H3,(H,27,30). The van der Waals surface area contributed by atoms with Crippen molar-refractivity contribution < 1.29 is 9.59 Å². The van der Waals surface area contributed by atoms with Crippen molar-refractivity contribution in [2.45, 2.75) is 64.1 Å². The van der Waals surface area contributed by atoms with E-state index < -0.39 is 6.04 Å². The maximum Gasteiger partial charge on any atom is 0.242 e. The molecule has 2 amide bonds. The minimum atomic E-state index is -0.594. The smallest absolute Gasteiger partial charge is 0.242 e. The molecule has 1 fully saturated rings. The van der Waals surface area contributed by atoms with Crippen LogP contribution in [0.1, 0.15) is 50.2 Å². The van der Waals surface area contributed by atoms with Gasteiger partial charge in [-0.2, -0.15) is 0 Å². The molecule has 0 spiro atoms. The van der Waals surface area contributed by atoms with Gasteiger partial charge in [0.1, 0.15) is 6.04 Å². The first-order valence-electron chi connectivity index (χ1n) is 10.5. The van der Waals surface area contributed by atoms with Crippen LogP contribution in [0.25, 0.3) is 0 Å². The van der Waals surface area contributed by atoms with E-state index in [2.05, 4.69) is 5.32 Å². The summed E-state index contributed by atoms with van der Waals surface area (Å²) < 4.78 is 0. The SMILES string of the molecule is CC(C(=O)NC1CCCCC1)N(Cc1ccccc1Cl)C(=O)Cc1ccc(Cl)cc1. The fraction of sp³-hybridized carbons (Fsp3) is 0.417.